The fourth-order valence-corrected chi connectivity index (χ4v) is 11.2. The minimum absolute atomic E-state index is 0.886. The van der Waals surface area contributed by atoms with E-state index in [-0.39, 0.29) is 0 Å². The first-order chi connectivity index (χ1) is 27.8. The molecule has 262 valence electrons. The highest BCUT2D eigenvalue weighted by Gasteiger charge is 2.25. The number of fused-ring (bicyclic) bond motifs is 12. The van der Waals surface area contributed by atoms with Gasteiger partial charge in [-0.1, -0.05) is 152 Å². The highest BCUT2D eigenvalue weighted by molar-refractivity contribution is 7.27. The molecule has 3 aromatic heterocycles. The van der Waals surface area contributed by atoms with Crippen LogP contribution in [-0.2, 0) is 0 Å². The van der Waals surface area contributed by atoms with Crippen LogP contribution in [0.2, 0.25) is 0 Å². The van der Waals surface area contributed by atoms with Crippen molar-refractivity contribution in [2.45, 2.75) is 0 Å². The minimum Gasteiger partial charge on any atom is -0.455 e. The van der Waals surface area contributed by atoms with Crippen LogP contribution in [-0.4, -0.2) is 0 Å². The van der Waals surface area contributed by atoms with E-state index in [0.717, 1.165) is 44.5 Å². The summed E-state index contributed by atoms with van der Waals surface area (Å²) in [6.45, 7) is 0. The second-order valence-electron chi connectivity index (χ2n) is 14.4. The second-order valence-corrected chi connectivity index (χ2v) is 16.5. The topological polar surface area (TPSA) is 16.4 Å². The highest BCUT2D eigenvalue weighted by atomic mass is 32.1. The lowest BCUT2D eigenvalue weighted by Gasteiger charge is -2.27. The first kappa shape index (κ1) is 31.6. The smallest absolute Gasteiger partial charge is 0.143 e. The van der Waals surface area contributed by atoms with E-state index in [4.69, 9.17) is 4.42 Å². The molecule has 0 atom stereocenters. The zero-order valence-corrected chi connectivity index (χ0v) is 31.7. The van der Waals surface area contributed by atoms with E-state index in [2.05, 4.69) is 193 Å². The minimum atomic E-state index is 0.886. The molecule has 2 nitrogen and oxygen atoms in total. The summed E-state index contributed by atoms with van der Waals surface area (Å²) in [5.74, 6) is 0.886. The molecule has 0 spiro atoms. The van der Waals surface area contributed by atoms with Crippen molar-refractivity contribution in [2.24, 2.45) is 0 Å². The number of anilines is 3. The number of benzene rings is 9. The average Bonchev–Trinajstić information content (AvgIpc) is 3.98. The first-order valence-corrected chi connectivity index (χ1v) is 20.6. The summed E-state index contributed by atoms with van der Waals surface area (Å²) in [4.78, 5) is 2.48. The molecule has 0 saturated carbocycles. The molecular formula is C52H31NOS2. The summed E-state index contributed by atoms with van der Waals surface area (Å²) >= 11 is 3.74. The van der Waals surface area contributed by atoms with Crippen molar-refractivity contribution in [3.05, 3.63) is 188 Å². The standard InChI is InChI=1S/C52H31NOS2/c1-2-14-33(15-3-1)49-47(48-39-20-6-4-16-35(39)36-17-5-7-21-40(36)50(48)54-49)32-28-30-34(31-29-32)53(43-24-12-22-41-37-18-8-10-26-45(37)55-51(41)43)44-25-13-23-42-38-19-9-11-27-46(38)56-52(42)44/h1-31H. The zero-order chi connectivity index (χ0) is 36.7. The van der Waals surface area contributed by atoms with E-state index in [1.165, 1.54) is 67.9 Å². The van der Waals surface area contributed by atoms with Gasteiger partial charge in [-0.2, -0.15) is 0 Å². The molecule has 4 heteroatoms. The largest absolute Gasteiger partial charge is 0.455 e. The molecule has 0 unspecified atom stereocenters. The van der Waals surface area contributed by atoms with Crippen molar-refractivity contribution in [3.63, 3.8) is 0 Å². The van der Waals surface area contributed by atoms with Crippen LogP contribution < -0.4 is 4.90 Å². The molecular weight excluding hydrogens is 719 g/mol. The average molecular weight is 750 g/mol. The van der Waals surface area contributed by atoms with Crippen molar-refractivity contribution in [1.82, 2.24) is 0 Å². The summed E-state index contributed by atoms with van der Waals surface area (Å²) in [5, 5.41) is 11.1. The van der Waals surface area contributed by atoms with Gasteiger partial charge >= 0.3 is 0 Å². The third-order valence-electron chi connectivity index (χ3n) is 11.3. The molecule has 0 saturated heterocycles. The zero-order valence-electron chi connectivity index (χ0n) is 30.1. The van der Waals surface area contributed by atoms with Gasteiger partial charge in [0.25, 0.3) is 0 Å². The summed E-state index contributed by atoms with van der Waals surface area (Å²) in [5.41, 5.74) is 7.68. The second kappa shape index (κ2) is 12.4. The van der Waals surface area contributed by atoms with Crippen LogP contribution in [0, 0.1) is 0 Å². The van der Waals surface area contributed by atoms with Crippen LogP contribution in [0.15, 0.2) is 192 Å². The van der Waals surface area contributed by atoms with Crippen LogP contribution in [0.4, 0.5) is 17.1 Å². The normalized spacial score (nSPS) is 11.9. The molecule has 3 heterocycles. The Morgan fingerprint density at radius 2 is 0.839 bits per heavy atom. The van der Waals surface area contributed by atoms with Gasteiger partial charge in [-0.15, -0.1) is 22.7 Å². The fraction of sp³-hybridized carbons (Fsp3) is 0. The molecule has 0 aliphatic carbocycles. The first-order valence-electron chi connectivity index (χ1n) is 18.9. The van der Waals surface area contributed by atoms with Crippen LogP contribution >= 0.6 is 22.7 Å². The molecule has 12 rings (SSSR count). The molecule has 0 aliphatic heterocycles. The van der Waals surface area contributed by atoms with Crippen molar-refractivity contribution in [3.8, 4) is 22.5 Å². The Bertz CT molecular complexity index is 3370. The molecule has 12 aromatic rings. The van der Waals surface area contributed by atoms with Crippen molar-refractivity contribution in [1.29, 1.82) is 0 Å². The number of hydrogen-bond donors (Lipinski definition) is 0. The summed E-state index contributed by atoms with van der Waals surface area (Å²) < 4.78 is 12.2. The SMILES string of the molecule is c1ccc(-c2oc3c4ccccc4c4ccccc4c3c2-c2ccc(N(c3cccc4c3sc3ccccc34)c3cccc4c3sc3ccccc34)cc2)cc1. The van der Waals surface area contributed by atoms with E-state index < -0.39 is 0 Å². The summed E-state index contributed by atoms with van der Waals surface area (Å²) in [6, 6.07) is 68.2. The Kier molecular flexibility index (Phi) is 7.00. The van der Waals surface area contributed by atoms with Gasteiger partial charge < -0.3 is 9.32 Å². The maximum Gasteiger partial charge on any atom is 0.143 e. The van der Waals surface area contributed by atoms with Gasteiger partial charge in [0.15, 0.2) is 0 Å². The summed E-state index contributed by atoms with van der Waals surface area (Å²) in [6.07, 6.45) is 0. The van der Waals surface area contributed by atoms with Crippen LogP contribution in [0.3, 0.4) is 0 Å². The van der Waals surface area contributed by atoms with Gasteiger partial charge in [-0.25, -0.2) is 0 Å². The monoisotopic (exact) mass is 749 g/mol. The third-order valence-corrected chi connectivity index (χ3v) is 13.7. The lowest BCUT2D eigenvalue weighted by Crippen LogP contribution is -2.10. The number of furan rings is 1. The maximum atomic E-state index is 7.02. The van der Waals surface area contributed by atoms with E-state index in [9.17, 15) is 0 Å². The predicted octanol–water partition coefficient (Wildman–Crippen LogP) is 16.3. The molecule has 56 heavy (non-hydrogen) atoms. The molecule has 0 N–H and O–H groups in total. The Labute approximate surface area is 330 Å². The number of thiophene rings is 2. The Morgan fingerprint density at radius 3 is 1.45 bits per heavy atom. The van der Waals surface area contributed by atoms with Gasteiger partial charge in [0.05, 0.1) is 20.8 Å². The fourth-order valence-electron chi connectivity index (χ4n) is 8.80. The Hall–Kier alpha value is -6.72. The van der Waals surface area contributed by atoms with E-state index >= 15 is 0 Å². The predicted molar refractivity (Wildman–Crippen MR) is 243 cm³/mol. The molecule has 9 aromatic carbocycles. The molecule has 0 bridgehead atoms. The van der Waals surface area contributed by atoms with Crippen LogP contribution in [0.1, 0.15) is 0 Å². The molecule has 0 radical (unpaired) electrons. The molecule has 0 aliphatic rings. The van der Waals surface area contributed by atoms with Gasteiger partial charge in [0.2, 0.25) is 0 Å². The lowest BCUT2D eigenvalue weighted by atomic mass is 9.92. The number of rotatable bonds is 5. The number of nitrogens with zero attached hydrogens (tertiary/aromatic N) is 1. The Morgan fingerprint density at radius 1 is 0.357 bits per heavy atom. The van der Waals surface area contributed by atoms with Gasteiger partial charge in [0.1, 0.15) is 11.3 Å². The number of hydrogen-bond acceptors (Lipinski definition) is 4. The third kappa shape index (κ3) is 4.67. The lowest BCUT2D eigenvalue weighted by molar-refractivity contribution is 0.636. The van der Waals surface area contributed by atoms with Crippen molar-refractivity contribution >= 4 is 113 Å². The summed E-state index contributed by atoms with van der Waals surface area (Å²) in [7, 11) is 0. The molecule has 0 amide bonds. The van der Waals surface area contributed by atoms with Gasteiger partial charge in [-0.05, 0) is 58.1 Å². The molecule has 0 fully saturated rings. The highest BCUT2D eigenvalue weighted by Crippen LogP contribution is 2.51. The van der Waals surface area contributed by atoms with Gasteiger partial charge in [0, 0.05) is 58.5 Å². The maximum absolute atomic E-state index is 7.02. The van der Waals surface area contributed by atoms with Crippen molar-refractivity contribution < 1.29 is 4.42 Å². The van der Waals surface area contributed by atoms with E-state index in [1.54, 1.807) is 0 Å². The quantitative estimate of drug-likeness (QED) is 0.163. The van der Waals surface area contributed by atoms with E-state index in [1.807, 2.05) is 22.7 Å². The van der Waals surface area contributed by atoms with Gasteiger partial charge in [-0.3, -0.25) is 0 Å². The van der Waals surface area contributed by atoms with E-state index in [0.29, 0.717) is 0 Å². The van der Waals surface area contributed by atoms with Crippen molar-refractivity contribution in [2.75, 3.05) is 4.90 Å². The van der Waals surface area contributed by atoms with Crippen LogP contribution in [0.25, 0.3) is 95.3 Å². The van der Waals surface area contributed by atoms with Crippen LogP contribution in [0.5, 0.6) is 0 Å². The Balaban J connectivity index is 1.13.